The van der Waals surface area contributed by atoms with E-state index in [1.807, 2.05) is 33.3 Å². The van der Waals surface area contributed by atoms with Crippen LogP contribution < -0.4 is 10.2 Å². The molecule has 0 radical (unpaired) electrons. The van der Waals surface area contributed by atoms with Crippen LogP contribution in [0.15, 0.2) is 60.8 Å². The molecule has 10 heteroatoms. The van der Waals surface area contributed by atoms with E-state index >= 15 is 0 Å². The first-order valence-corrected chi connectivity index (χ1v) is 38.1. The minimum atomic E-state index is -4.71. The number of ether oxygens (including phenoxy) is 1. The molecule has 1 N–H and O–H groups in total. The molecule has 0 saturated heterocycles. The topological polar surface area (TPSA) is 114 Å². The summed E-state index contributed by atoms with van der Waals surface area (Å²) in [4.78, 5) is 40.2. The summed E-state index contributed by atoms with van der Waals surface area (Å²) in [6.45, 7) is 6.86. The van der Waals surface area contributed by atoms with Crippen LogP contribution in [0.2, 0.25) is 0 Å². The Morgan fingerprint density at radius 2 is 0.718 bits per heavy atom. The lowest BCUT2D eigenvalue weighted by Gasteiger charge is -2.30. The molecular formula is C75H141N2O7P. The number of carbonyl (C=O) groups excluding carboxylic acids is 2. The average Bonchev–Trinajstić information content (AvgIpc) is 3.48. The number of esters is 1. The van der Waals surface area contributed by atoms with E-state index in [1.165, 1.54) is 225 Å². The number of allylic oxidation sites excluding steroid dienone is 9. The van der Waals surface area contributed by atoms with E-state index in [9.17, 15) is 19.0 Å². The second kappa shape index (κ2) is 64.7. The maximum Gasteiger partial charge on any atom is 0.306 e. The van der Waals surface area contributed by atoms with Gasteiger partial charge >= 0.3 is 5.97 Å². The highest BCUT2D eigenvalue weighted by Crippen LogP contribution is 2.38. The third-order valence-corrected chi connectivity index (χ3v) is 17.4. The van der Waals surface area contributed by atoms with Gasteiger partial charge in [-0.1, -0.05) is 326 Å². The zero-order chi connectivity index (χ0) is 62.1. The first kappa shape index (κ1) is 82.7. The van der Waals surface area contributed by atoms with Crippen LogP contribution in [0.4, 0.5) is 0 Å². The Morgan fingerprint density at radius 1 is 0.412 bits per heavy atom. The Balaban J connectivity index is 5.09. The minimum absolute atomic E-state index is 0.0251. The van der Waals surface area contributed by atoms with Gasteiger partial charge in [-0.3, -0.25) is 14.2 Å². The van der Waals surface area contributed by atoms with Gasteiger partial charge < -0.3 is 28.5 Å². The van der Waals surface area contributed by atoms with Crippen LogP contribution in [0, 0.1) is 0 Å². The van der Waals surface area contributed by atoms with Crippen LogP contribution in [-0.4, -0.2) is 69.4 Å². The molecular weight excluding hydrogens is 1070 g/mol. The Labute approximate surface area is 528 Å². The van der Waals surface area contributed by atoms with Crippen LogP contribution in [0.1, 0.15) is 355 Å². The third kappa shape index (κ3) is 66.0. The first-order valence-electron chi connectivity index (χ1n) is 36.6. The van der Waals surface area contributed by atoms with Gasteiger partial charge in [0.05, 0.1) is 33.8 Å². The quantitative estimate of drug-likeness (QED) is 0.0212. The molecule has 85 heavy (non-hydrogen) atoms. The number of carbonyl (C=O) groups is 2. The predicted octanol–water partition coefficient (Wildman–Crippen LogP) is 22.7. The number of nitrogens with one attached hydrogen (secondary N) is 1. The molecule has 0 aromatic rings. The van der Waals surface area contributed by atoms with Crippen molar-refractivity contribution in [1.82, 2.24) is 5.32 Å². The van der Waals surface area contributed by atoms with E-state index in [-0.39, 0.29) is 24.9 Å². The fourth-order valence-corrected chi connectivity index (χ4v) is 11.5. The largest absolute Gasteiger partial charge is 0.756 e. The lowest BCUT2D eigenvalue weighted by molar-refractivity contribution is -0.870. The number of unbranched alkanes of at least 4 members (excludes halogenated alkanes) is 43. The molecule has 0 bridgehead atoms. The second-order valence-corrected chi connectivity index (χ2v) is 27.5. The maximum absolute atomic E-state index is 13.6. The summed E-state index contributed by atoms with van der Waals surface area (Å²) in [6.07, 6.45) is 83.5. The minimum Gasteiger partial charge on any atom is -0.756 e. The van der Waals surface area contributed by atoms with Gasteiger partial charge in [0.15, 0.2) is 0 Å². The normalized spacial score (nSPS) is 13.8. The van der Waals surface area contributed by atoms with Gasteiger partial charge in [-0.2, -0.15) is 0 Å². The Bertz CT molecular complexity index is 1640. The number of amides is 1. The third-order valence-electron chi connectivity index (χ3n) is 16.5. The van der Waals surface area contributed by atoms with Gasteiger partial charge in [-0.15, -0.1) is 0 Å². The van der Waals surface area contributed by atoms with Gasteiger partial charge in [-0.05, 0) is 76.7 Å². The Morgan fingerprint density at radius 3 is 1.09 bits per heavy atom. The van der Waals surface area contributed by atoms with Crippen LogP contribution in [-0.2, 0) is 27.9 Å². The molecule has 3 atom stereocenters. The van der Waals surface area contributed by atoms with Gasteiger partial charge in [0.25, 0.3) is 7.82 Å². The van der Waals surface area contributed by atoms with E-state index in [2.05, 4.69) is 74.7 Å². The van der Waals surface area contributed by atoms with Crippen molar-refractivity contribution in [2.24, 2.45) is 0 Å². The summed E-state index contributed by atoms with van der Waals surface area (Å²) in [5.74, 6) is -0.547. The van der Waals surface area contributed by atoms with E-state index in [4.69, 9.17) is 13.8 Å². The zero-order valence-corrected chi connectivity index (χ0v) is 58.0. The Kier molecular flexibility index (Phi) is 62.9. The van der Waals surface area contributed by atoms with Crippen molar-refractivity contribution in [2.75, 3.05) is 40.9 Å². The molecule has 9 nitrogen and oxygen atoms in total. The van der Waals surface area contributed by atoms with E-state index < -0.39 is 26.6 Å². The fraction of sp³-hybridized carbons (Fsp3) is 0.840. The number of hydrogen-bond donors (Lipinski definition) is 1. The Hall–Kier alpha value is -2.29. The highest BCUT2D eigenvalue weighted by Gasteiger charge is 2.27. The molecule has 1 amide bonds. The van der Waals surface area contributed by atoms with Crippen LogP contribution >= 0.6 is 7.82 Å². The van der Waals surface area contributed by atoms with Crippen molar-refractivity contribution in [3.8, 4) is 0 Å². The molecule has 0 aliphatic carbocycles. The molecule has 0 aliphatic heterocycles. The van der Waals surface area contributed by atoms with E-state index in [0.717, 1.165) is 89.9 Å². The van der Waals surface area contributed by atoms with E-state index in [1.54, 1.807) is 0 Å². The highest BCUT2D eigenvalue weighted by molar-refractivity contribution is 7.45. The molecule has 0 fully saturated rings. The molecule has 0 aromatic heterocycles. The number of phosphoric acid groups is 1. The van der Waals surface area contributed by atoms with Crippen molar-refractivity contribution in [3.63, 3.8) is 0 Å². The van der Waals surface area contributed by atoms with Crippen molar-refractivity contribution in [1.29, 1.82) is 0 Å². The summed E-state index contributed by atoms with van der Waals surface area (Å²) < 4.78 is 30.5. The lowest BCUT2D eigenvalue weighted by atomic mass is 10.0. The van der Waals surface area contributed by atoms with Crippen molar-refractivity contribution in [2.45, 2.75) is 367 Å². The first-order chi connectivity index (χ1) is 41.4. The monoisotopic (exact) mass is 1210 g/mol. The van der Waals surface area contributed by atoms with Crippen molar-refractivity contribution in [3.05, 3.63) is 60.8 Å². The molecule has 3 unspecified atom stereocenters. The number of rotatable bonds is 67. The van der Waals surface area contributed by atoms with Crippen molar-refractivity contribution >= 4 is 19.7 Å². The SMILES string of the molecule is CCCCC/C=C\C/C=C\C/C=C\C/C=C\CCCCCCCC(=O)OC(/C=C/CCCCCCCCCCCCC)C(COP(=O)([O-])OCC[N+](C)(C)C)NC(=O)CCCCCCCCCCCCCCCCCCCCCCCCCCC. The summed E-state index contributed by atoms with van der Waals surface area (Å²) >= 11 is 0. The molecule has 0 rings (SSSR count). The zero-order valence-electron chi connectivity index (χ0n) is 57.1. The van der Waals surface area contributed by atoms with E-state index in [0.29, 0.717) is 23.9 Å². The molecule has 0 aromatic carbocycles. The van der Waals surface area contributed by atoms with Crippen LogP contribution in [0.25, 0.3) is 0 Å². The van der Waals surface area contributed by atoms with Crippen LogP contribution in [0.3, 0.4) is 0 Å². The van der Waals surface area contributed by atoms with Gasteiger partial charge in [0.1, 0.15) is 19.3 Å². The molecule has 0 aliphatic rings. The summed E-state index contributed by atoms with van der Waals surface area (Å²) in [5.41, 5.74) is 0. The number of phosphoric ester groups is 1. The fourth-order valence-electron chi connectivity index (χ4n) is 10.8. The summed E-state index contributed by atoms with van der Waals surface area (Å²) in [6, 6.07) is -0.897. The van der Waals surface area contributed by atoms with Gasteiger partial charge in [-0.25, -0.2) is 0 Å². The lowest BCUT2D eigenvalue weighted by Crippen LogP contribution is -2.47. The number of nitrogens with zero attached hydrogens (tertiary/aromatic N) is 1. The molecule has 0 spiro atoms. The number of quaternary nitrogens is 1. The maximum atomic E-state index is 13.6. The average molecular weight is 1210 g/mol. The predicted molar refractivity (Wildman–Crippen MR) is 367 cm³/mol. The van der Waals surface area contributed by atoms with Gasteiger partial charge in [0.2, 0.25) is 5.91 Å². The number of hydrogen-bond acceptors (Lipinski definition) is 7. The molecule has 0 saturated carbocycles. The van der Waals surface area contributed by atoms with Crippen LogP contribution in [0.5, 0.6) is 0 Å². The summed E-state index contributed by atoms with van der Waals surface area (Å²) in [5, 5.41) is 3.05. The summed E-state index contributed by atoms with van der Waals surface area (Å²) in [7, 11) is 1.18. The van der Waals surface area contributed by atoms with Gasteiger partial charge in [0, 0.05) is 12.8 Å². The smallest absolute Gasteiger partial charge is 0.306 e. The van der Waals surface area contributed by atoms with Crippen molar-refractivity contribution < 1.29 is 37.3 Å². The second-order valence-electron chi connectivity index (χ2n) is 26.1. The molecule has 0 heterocycles. The highest BCUT2D eigenvalue weighted by atomic mass is 31.2. The standard InChI is InChI=1S/C75H141N2O7P/c1-7-10-13-16-19-22-25-28-30-32-34-36-37-38-39-41-42-44-46-49-52-55-58-61-64-67-74(78)76-72(71-83-85(80,81)82-70-69-77(4,5)6)73(66-63-60-57-54-51-48-27-24-21-18-15-12-9-3)84-75(79)68-65-62-59-56-53-50-47-45-43-40-35-33-31-29-26-23-20-17-14-11-8-2/h20,23,29,31,35,40,45,47,63,66,72-73H,7-19,21-22,24-28,30,32-34,36-39,41-44,46,48-62,64-65,67-71H2,1-6H3,(H-,76,78,80,81)/b23-20-,31-29-,40-35-,47-45-,66-63+. The number of likely N-dealkylation sites (N-methyl/N-ethyl adjacent to an activating group) is 1. The molecule has 498 valence electrons.